The molecule has 166 valence electrons. The lowest BCUT2D eigenvalue weighted by molar-refractivity contribution is 0.0126. The zero-order chi connectivity index (χ0) is 22.1. The zero-order valence-corrected chi connectivity index (χ0v) is 18.1. The number of benzene rings is 1. The van der Waals surface area contributed by atoms with Gasteiger partial charge in [0.25, 0.3) is 5.91 Å². The van der Waals surface area contributed by atoms with Crippen molar-refractivity contribution in [3.8, 4) is 0 Å². The van der Waals surface area contributed by atoms with E-state index < -0.39 is 5.91 Å². The maximum atomic E-state index is 13.2. The number of carbonyl (C=O) groups excluding carboxylic acids is 1. The highest BCUT2D eigenvalue weighted by atomic mass is 16.5. The first kappa shape index (κ1) is 20.7. The molecule has 2 N–H and O–H groups in total. The van der Waals surface area contributed by atoms with Gasteiger partial charge in [0.2, 0.25) is 5.43 Å². The molecule has 1 amide bonds. The molecule has 1 saturated heterocycles. The lowest BCUT2D eigenvalue weighted by Gasteiger charge is -2.27. The Morgan fingerprint density at radius 3 is 2.53 bits per heavy atom. The van der Waals surface area contributed by atoms with Gasteiger partial charge in [-0.25, -0.2) is 9.99 Å². The van der Waals surface area contributed by atoms with E-state index in [1.165, 1.54) is 11.1 Å². The molecular formula is C24H27N5O3. The minimum atomic E-state index is -0.410. The first-order valence-electron chi connectivity index (χ1n) is 11.1. The molecule has 8 nitrogen and oxygen atoms in total. The van der Waals surface area contributed by atoms with Crippen molar-refractivity contribution in [2.45, 2.75) is 32.4 Å². The van der Waals surface area contributed by atoms with Crippen LogP contribution in [0, 0.1) is 0 Å². The van der Waals surface area contributed by atoms with Crippen LogP contribution in [-0.2, 0) is 24.1 Å². The van der Waals surface area contributed by atoms with E-state index >= 15 is 0 Å². The van der Waals surface area contributed by atoms with Crippen LogP contribution < -0.4 is 16.2 Å². The summed E-state index contributed by atoms with van der Waals surface area (Å²) in [6.07, 6.45) is 3.48. The summed E-state index contributed by atoms with van der Waals surface area (Å²) in [5.74, 6) is 0.244. The van der Waals surface area contributed by atoms with Crippen LogP contribution >= 0.6 is 0 Å². The number of aromatic nitrogens is 2. The molecule has 0 radical (unpaired) electrons. The fourth-order valence-electron chi connectivity index (χ4n) is 4.52. The second kappa shape index (κ2) is 8.72. The molecule has 1 aromatic carbocycles. The molecule has 0 unspecified atom stereocenters. The normalized spacial score (nSPS) is 16.8. The molecule has 2 aliphatic rings. The Hall–Kier alpha value is -3.23. The highest BCUT2D eigenvalue weighted by Crippen LogP contribution is 2.24. The number of rotatable bonds is 5. The summed E-state index contributed by atoms with van der Waals surface area (Å²) in [6.45, 7) is 4.91. The van der Waals surface area contributed by atoms with Crippen molar-refractivity contribution in [1.82, 2.24) is 20.0 Å². The van der Waals surface area contributed by atoms with Crippen LogP contribution in [-0.4, -0.2) is 52.8 Å². The number of aryl methyl sites for hydroxylation is 1. The van der Waals surface area contributed by atoms with Crippen molar-refractivity contribution in [2.24, 2.45) is 0 Å². The number of hydrazine groups is 1. The fraction of sp³-hybridized carbons (Fsp3) is 0.375. The third kappa shape index (κ3) is 3.99. The number of amides is 1. The van der Waals surface area contributed by atoms with Crippen LogP contribution in [0.15, 0.2) is 47.4 Å². The van der Waals surface area contributed by atoms with Gasteiger partial charge < -0.3 is 14.6 Å². The van der Waals surface area contributed by atoms with Gasteiger partial charge in [0.1, 0.15) is 16.9 Å². The van der Waals surface area contributed by atoms with E-state index in [0.29, 0.717) is 44.2 Å². The SMILES string of the molecule is CCn1cc(C(=O)NN2CCOCC2)c(=O)c2nc(NC3Cc4ccccc4C3)ccc21. The highest BCUT2D eigenvalue weighted by Gasteiger charge is 2.23. The first-order chi connectivity index (χ1) is 15.6. The van der Waals surface area contributed by atoms with Gasteiger partial charge in [0.15, 0.2) is 0 Å². The van der Waals surface area contributed by atoms with Crippen LogP contribution in [0.25, 0.3) is 11.0 Å². The summed E-state index contributed by atoms with van der Waals surface area (Å²) in [6, 6.07) is 12.5. The molecule has 0 spiro atoms. The van der Waals surface area contributed by atoms with Gasteiger partial charge in [-0.2, -0.15) is 0 Å². The summed E-state index contributed by atoms with van der Waals surface area (Å²) in [7, 11) is 0. The first-order valence-corrected chi connectivity index (χ1v) is 11.1. The van der Waals surface area contributed by atoms with Gasteiger partial charge in [0, 0.05) is 31.9 Å². The molecule has 0 saturated carbocycles. The Morgan fingerprint density at radius 2 is 1.84 bits per heavy atom. The number of fused-ring (bicyclic) bond motifs is 2. The van der Waals surface area contributed by atoms with Crippen LogP contribution in [0.3, 0.4) is 0 Å². The number of ether oxygens (including phenoxy) is 1. The van der Waals surface area contributed by atoms with Crippen molar-refractivity contribution in [3.05, 3.63) is 69.5 Å². The molecule has 3 heterocycles. The Kier molecular flexibility index (Phi) is 5.63. The maximum absolute atomic E-state index is 13.2. The summed E-state index contributed by atoms with van der Waals surface area (Å²) in [5.41, 5.74) is 6.31. The van der Waals surface area contributed by atoms with Gasteiger partial charge in [0.05, 0.1) is 18.7 Å². The Balaban J connectivity index is 1.43. The van der Waals surface area contributed by atoms with E-state index in [9.17, 15) is 9.59 Å². The fourth-order valence-corrected chi connectivity index (χ4v) is 4.52. The minimum absolute atomic E-state index is 0.101. The average Bonchev–Trinajstić information content (AvgIpc) is 3.22. The molecule has 1 aliphatic carbocycles. The number of carbonyl (C=O) groups is 1. The Morgan fingerprint density at radius 1 is 1.12 bits per heavy atom. The summed E-state index contributed by atoms with van der Waals surface area (Å²) < 4.78 is 7.21. The lowest BCUT2D eigenvalue weighted by atomic mass is 10.1. The zero-order valence-electron chi connectivity index (χ0n) is 18.1. The summed E-state index contributed by atoms with van der Waals surface area (Å²) in [4.78, 5) is 30.8. The number of hydrogen-bond acceptors (Lipinski definition) is 6. The summed E-state index contributed by atoms with van der Waals surface area (Å²) >= 11 is 0. The van der Waals surface area contributed by atoms with Crippen molar-refractivity contribution in [1.29, 1.82) is 0 Å². The number of hydrogen-bond donors (Lipinski definition) is 2. The van der Waals surface area contributed by atoms with Crippen LogP contribution in [0.5, 0.6) is 0 Å². The number of nitrogens with zero attached hydrogens (tertiary/aromatic N) is 3. The van der Waals surface area contributed by atoms with Crippen LogP contribution in [0.2, 0.25) is 0 Å². The van der Waals surface area contributed by atoms with E-state index in [-0.39, 0.29) is 17.0 Å². The van der Waals surface area contributed by atoms with Crippen molar-refractivity contribution in [2.75, 3.05) is 31.6 Å². The van der Waals surface area contributed by atoms with E-state index in [1.807, 2.05) is 23.6 Å². The predicted octanol–water partition coefficient (Wildman–Crippen LogP) is 1.97. The van der Waals surface area contributed by atoms with Gasteiger partial charge >= 0.3 is 0 Å². The number of pyridine rings is 2. The number of morpholine rings is 1. The third-order valence-corrected chi connectivity index (χ3v) is 6.19. The molecule has 2 aromatic heterocycles. The molecule has 32 heavy (non-hydrogen) atoms. The molecule has 1 fully saturated rings. The molecule has 5 rings (SSSR count). The van der Waals surface area contributed by atoms with Gasteiger partial charge in [-0.3, -0.25) is 15.0 Å². The number of anilines is 1. The van der Waals surface area contributed by atoms with Gasteiger partial charge in [-0.05, 0) is 43.0 Å². The van der Waals surface area contributed by atoms with E-state index in [0.717, 1.165) is 18.4 Å². The molecule has 8 heteroatoms. The molecule has 0 atom stereocenters. The van der Waals surface area contributed by atoms with E-state index in [2.05, 4.69) is 40.0 Å². The standard InChI is InChI=1S/C24H27N5O3/c1-2-28-15-19(24(31)27-29-9-11-32-12-10-29)23(30)22-20(28)7-8-21(26-22)25-18-13-16-5-3-4-6-17(16)14-18/h3-8,15,18H,2,9-14H2,1H3,(H,25,26)(H,27,31). The van der Waals surface area contributed by atoms with E-state index in [4.69, 9.17) is 4.74 Å². The molecule has 3 aromatic rings. The minimum Gasteiger partial charge on any atom is -0.379 e. The maximum Gasteiger partial charge on any atom is 0.271 e. The predicted molar refractivity (Wildman–Crippen MR) is 123 cm³/mol. The average molecular weight is 434 g/mol. The van der Waals surface area contributed by atoms with Gasteiger partial charge in [-0.15, -0.1) is 0 Å². The largest absolute Gasteiger partial charge is 0.379 e. The van der Waals surface area contributed by atoms with Crippen LogP contribution in [0.1, 0.15) is 28.4 Å². The lowest BCUT2D eigenvalue weighted by Crippen LogP contribution is -2.49. The molecule has 0 bridgehead atoms. The number of nitrogens with one attached hydrogen (secondary N) is 2. The van der Waals surface area contributed by atoms with Crippen molar-refractivity contribution >= 4 is 22.8 Å². The third-order valence-electron chi connectivity index (χ3n) is 6.19. The summed E-state index contributed by atoms with van der Waals surface area (Å²) in [5, 5.41) is 5.26. The van der Waals surface area contributed by atoms with Crippen molar-refractivity contribution in [3.63, 3.8) is 0 Å². The highest BCUT2D eigenvalue weighted by molar-refractivity contribution is 5.96. The topological polar surface area (TPSA) is 88.5 Å². The van der Waals surface area contributed by atoms with Gasteiger partial charge in [-0.1, -0.05) is 24.3 Å². The quantitative estimate of drug-likeness (QED) is 0.640. The van der Waals surface area contributed by atoms with Crippen molar-refractivity contribution < 1.29 is 9.53 Å². The second-order valence-electron chi connectivity index (χ2n) is 8.28. The second-order valence-corrected chi connectivity index (χ2v) is 8.28. The Bertz CT molecular complexity index is 1190. The Labute approximate surface area is 186 Å². The smallest absolute Gasteiger partial charge is 0.271 e. The van der Waals surface area contributed by atoms with E-state index in [1.54, 1.807) is 11.2 Å². The molecule has 1 aliphatic heterocycles. The van der Waals surface area contributed by atoms with Crippen LogP contribution in [0.4, 0.5) is 5.82 Å². The molecular weight excluding hydrogens is 406 g/mol. The monoisotopic (exact) mass is 433 g/mol.